The molecule has 0 aliphatic heterocycles. The van der Waals surface area contributed by atoms with E-state index in [1.807, 2.05) is 12.1 Å². The Kier molecular flexibility index (Phi) is 3.89. The number of methoxy groups -OCH3 is 1. The summed E-state index contributed by atoms with van der Waals surface area (Å²) in [5, 5.41) is 9.67. The van der Waals surface area contributed by atoms with E-state index >= 15 is 0 Å². The summed E-state index contributed by atoms with van der Waals surface area (Å²) in [6.45, 7) is 6.37. The van der Waals surface area contributed by atoms with Gasteiger partial charge in [0, 0.05) is 5.56 Å². The molecule has 1 fully saturated rings. The number of rotatable bonds is 3. The van der Waals surface area contributed by atoms with Gasteiger partial charge in [0.05, 0.1) is 17.0 Å². The summed E-state index contributed by atoms with van der Waals surface area (Å²) in [4.78, 5) is 11.8. The third-order valence-corrected chi connectivity index (χ3v) is 4.83. The summed E-state index contributed by atoms with van der Waals surface area (Å²) < 4.78 is 6.29. The summed E-state index contributed by atoms with van der Waals surface area (Å²) in [6, 6.07) is 4.04. The Bertz CT molecular complexity index is 539. The van der Waals surface area contributed by atoms with E-state index in [-0.39, 0.29) is 5.41 Å². The van der Waals surface area contributed by atoms with E-state index in [0.29, 0.717) is 18.6 Å². The Morgan fingerprint density at radius 1 is 1.35 bits per heavy atom. The highest BCUT2D eigenvalue weighted by Gasteiger charge is 2.48. The third-order valence-electron chi connectivity index (χ3n) is 4.25. The number of carboxylic acid groups (broad SMARTS) is 1. The van der Waals surface area contributed by atoms with E-state index in [9.17, 15) is 9.90 Å². The van der Waals surface area contributed by atoms with Crippen LogP contribution in [0.4, 0.5) is 0 Å². The van der Waals surface area contributed by atoms with Crippen LogP contribution in [0.1, 0.15) is 51.2 Å². The maximum absolute atomic E-state index is 11.8. The highest BCUT2D eigenvalue weighted by atomic mass is 79.9. The molecular weight excluding hydrogens is 320 g/mol. The predicted molar refractivity (Wildman–Crippen MR) is 82.6 cm³/mol. The van der Waals surface area contributed by atoms with E-state index in [2.05, 4.69) is 36.7 Å². The molecule has 0 unspecified atom stereocenters. The molecule has 0 atom stereocenters. The Morgan fingerprint density at radius 3 is 2.30 bits per heavy atom. The lowest BCUT2D eigenvalue weighted by Gasteiger charge is -2.39. The first-order valence-electron chi connectivity index (χ1n) is 6.84. The summed E-state index contributed by atoms with van der Waals surface area (Å²) in [7, 11) is 1.59. The first-order chi connectivity index (χ1) is 9.22. The van der Waals surface area contributed by atoms with Gasteiger partial charge in [0.2, 0.25) is 0 Å². The smallest absolute Gasteiger partial charge is 0.314 e. The molecule has 0 amide bonds. The number of ether oxygens (including phenoxy) is 1. The molecule has 3 nitrogen and oxygen atoms in total. The van der Waals surface area contributed by atoms with Crippen LogP contribution in [0.25, 0.3) is 0 Å². The summed E-state index contributed by atoms with van der Waals surface area (Å²) >= 11 is 3.53. The van der Waals surface area contributed by atoms with Crippen LogP contribution in [0.3, 0.4) is 0 Å². The van der Waals surface area contributed by atoms with E-state index in [1.54, 1.807) is 7.11 Å². The molecule has 0 heterocycles. The largest absolute Gasteiger partial charge is 0.495 e. The molecule has 1 aliphatic carbocycles. The Labute approximate surface area is 128 Å². The molecule has 20 heavy (non-hydrogen) atoms. The van der Waals surface area contributed by atoms with Gasteiger partial charge in [-0.2, -0.15) is 0 Å². The molecule has 2 rings (SSSR count). The number of carbonyl (C=O) groups is 1. The molecule has 1 saturated carbocycles. The Morgan fingerprint density at radius 2 is 1.95 bits per heavy atom. The van der Waals surface area contributed by atoms with Crippen LogP contribution in [0.2, 0.25) is 0 Å². The van der Waals surface area contributed by atoms with Crippen LogP contribution < -0.4 is 4.74 Å². The van der Waals surface area contributed by atoms with Gasteiger partial charge in [-0.1, -0.05) is 33.3 Å². The fourth-order valence-electron chi connectivity index (χ4n) is 2.72. The highest BCUT2D eigenvalue weighted by Crippen LogP contribution is 2.50. The van der Waals surface area contributed by atoms with Gasteiger partial charge in [0.15, 0.2) is 0 Å². The van der Waals surface area contributed by atoms with Gasteiger partial charge in [-0.25, -0.2) is 0 Å². The number of benzene rings is 1. The van der Waals surface area contributed by atoms with Crippen molar-refractivity contribution in [3.05, 3.63) is 27.7 Å². The van der Waals surface area contributed by atoms with E-state index in [0.717, 1.165) is 22.0 Å². The third kappa shape index (κ3) is 2.34. The maximum Gasteiger partial charge on any atom is 0.314 e. The number of hydrogen-bond acceptors (Lipinski definition) is 2. The SMILES string of the molecule is COc1c(Br)cc(C(C)(C)C)cc1C1(C(=O)O)CCC1. The highest BCUT2D eigenvalue weighted by molar-refractivity contribution is 9.10. The van der Waals surface area contributed by atoms with Gasteiger partial charge < -0.3 is 9.84 Å². The van der Waals surface area contributed by atoms with Crippen LogP contribution in [-0.4, -0.2) is 18.2 Å². The molecule has 0 radical (unpaired) electrons. The number of halogens is 1. The Balaban J connectivity index is 2.67. The van der Waals surface area contributed by atoms with Gasteiger partial charge >= 0.3 is 5.97 Å². The minimum absolute atomic E-state index is 0.0347. The molecule has 4 heteroatoms. The van der Waals surface area contributed by atoms with Crippen LogP contribution >= 0.6 is 15.9 Å². The summed E-state index contributed by atoms with van der Waals surface area (Å²) in [5.74, 6) is -0.0971. The van der Waals surface area contributed by atoms with Crippen molar-refractivity contribution in [3.8, 4) is 5.75 Å². The monoisotopic (exact) mass is 340 g/mol. The fraction of sp³-hybridized carbons (Fsp3) is 0.562. The second-order valence-corrected chi connectivity index (χ2v) is 7.38. The zero-order chi connectivity index (χ0) is 15.1. The topological polar surface area (TPSA) is 46.5 Å². The molecule has 0 saturated heterocycles. The summed E-state index contributed by atoms with van der Waals surface area (Å²) in [6.07, 6.45) is 2.31. The molecule has 1 aromatic carbocycles. The molecule has 0 spiro atoms. The van der Waals surface area contributed by atoms with Gasteiger partial charge in [0.25, 0.3) is 0 Å². The lowest BCUT2D eigenvalue weighted by atomic mass is 9.63. The van der Waals surface area contributed by atoms with Gasteiger partial charge in [-0.3, -0.25) is 4.79 Å². The molecule has 0 aromatic heterocycles. The fourth-order valence-corrected chi connectivity index (χ4v) is 3.34. The molecule has 1 aromatic rings. The molecular formula is C16H21BrO3. The van der Waals surface area contributed by atoms with Crippen molar-refractivity contribution < 1.29 is 14.6 Å². The van der Waals surface area contributed by atoms with Crippen molar-refractivity contribution >= 4 is 21.9 Å². The van der Waals surface area contributed by atoms with Gasteiger partial charge in [0.1, 0.15) is 5.75 Å². The van der Waals surface area contributed by atoms with Crippen LogP contribution in [0.5, 0.6) is 5.75 Å². The minimum Gasteiger partial charge on any atom is -0.495 e. The summed E-state index contributed by atoms with van der Waals surface area (Å²) in [5.41, 5.74) is 1.10. The minimum atomic E-state index is -0.783. The van der Waals surface area contributed by atoms with E-state index < -0.39 is 11.4 Å². The standard InChI is InChI=1S/C16H21BrO3/c1-15(2,3)10-8-11(13(20-4)12(17)9-10)16(14(18)19)6-5-7-16/h8-9H,5-7H2,1-4H3,(H,18,19). The Hall–Kier alpha value is -1.03. The van der Waals surface area contributed by atoms with Gasteiger partial charge in [-0.15, -0.1) is 0 Å². The van der Waals surface area contributed by atoms with Crippen molar-refractivity contribution in [2.75, 3.05) is 7.11 Å². The number of carboxylic acids is 1. The maximum atomic E-state index is 11.8. The molecule has 1 N–H and O–H groups in total. The van der Waals surface area contributed by atoms with E-state index in [1.165, 1.54) is 0 Å². The average Bonchev–Trinajstić information content (AvgIpc) is 2.25. The van der Waals surface area contributed by atoms with Crippen LogP contribution in [0.15, 0.2) is 16.6 Å². The lowest BCUT2D eigenvalue weighted by Crippen LogP contribution is -2.42. The van der Waals surface area contributed by atoms with Crippen molar-refractivity contribution in [1.82, 2.24) is 0 Å². The number of hydrogen-bond donors (Lipinski definition) is 1. The lowest BCUT2D eigenvalue weighted by molar-refractivity contribution is -0.147. The number of aliphatic carboxylic acids is 1. The first-order valence-corrected chi connectivity index (χ1v) is 7.63. The van der Waals surface area contributed by atoms with Crippen molar-refractivity contribution in [1.29, 1.82) is 0 Å². The predicted octanol–water partition coefficient (Wildman–Crippen LogP) is 4.26. The van der Waals surface area contributed by atoms with Crippen molar-refractivity contribution in [3.63, 3.8) is 0 Å². The van der Waals surface area contributed by atoms with Crippen molar-refractivity contribution in [2.45, 2.75) is 50.9 Å². The normalized spacial score (nSPS) is 17.4. The van der Waals surface area contributed by atoms with Crippen molar-refractivity contribution in [2.24, 2.45) is 0 Å². The second-order valence-electron chi connectivity index (χ2n) is 6.53. The quantitative estimate of drug-likeness (QED) is 0.893. The van der Waals surface area contributed by atoms with Crippen LogP contribution in [0, 0.1) is 0 Å². The zero-order valence-electron chi connectivity index (χ0n) is 12.4. The van der Waals surface area contributed by atoms with E-state index in [4.69, 9.17) is 4.74 Å². The molecule has 110 valence electrons. The zero-order valence-corrected chi connectivity index (χ0v) is 14.0. The molecule has 0 bridgehead atoms. The second kappa shape index (κ2) is 5.06. The molecule has 1 aliphatic rings. The van der Waals surface area contributed by atoms with Gasteiger partial charge in [-0.05, 0) is 45.8 Å². The first kappa shape index (κ1) is 15.4. The average molecular weight is 341 g/mol. The van der Waals surface area contributed by atoms with Crippen LogP contribution in [-0.2, 0) is 15.6 Å².